The second-order valence-corrected chi connectivity index (χ2v) is 5.59. The van der Waals surface area contributed by atoms with Crippen molar-refractivity contribution in [3.05, 3.63) is 24.0 Å². The van der Waals surface area contributed by atoms with E-state index in [-0.39, 0.29) is 0 Å². The summed E-state index contributed by atoms with van der Waals surface area (Å²) in [6.07, 6.45) is 10.4. The van der Waals surface area contributed by atoms with Gasteiger partial charge in [0.25, 0.3) is 0 Å². The van der Waals surface area contributed by atoms with E-state index in [0.717, 1.165) is 5.75 Å². The Morgan fingerprint density at radius 1 is 1.28 bits per heavy atom. The molecule has 0 amide bonds. The molecule has 1 saturated carbocycles. The molecule has 18 heavy (non-hydrogen) atoms. The molecule has 2 rings (SSSR count). The summed E-state index contributed by atoms with van der Waals surface area (Å²) in [5.74, 6) is 0.840. The van der Waals surface area contributed by atoms with Crippen molar-refractivity contribution >= 4 is 0 Å². The summed E-state index contributed by atoms with van der Waals surface area (Å²) in [4.78, 5) is 4.29. The first kappa shape index (κ1) is 13.3. The highest BCUT2D eigenvalue weighted by molar-refractivity contribution is 5.27. The molecule has 1 aromatic heterocycles. The second kappa shape index (κ2) is 5.70. The van der Waals surface area contributed by atoms with E-state index in [4.69, 9.17) is 4.74 Å². The van der Waals surface area contributed by atoms with Gasteiger partial charge in [-0.1, -0.05) is 26.2 Å². The van der Waals surface area contributed by atoms with Crippen molar-refractivity contribution in [1.29, 1.82) is 0 Å². The van der Waals surface area contributed by atoms with Crippen molar-refractivity contribution in [3.8, 4) is 5.75 Å². The zero-order chi connectivity index (χ0) is 13.0. The van der Waals surface area contributed by atoms with Gasteiger partial charge in [-0.2, -0.15) is 0 Å². The third kappa shape index (κ3) is 2.66. The summed E-state index contributed by atoms with van der Waals surface area (Å²) in [7, 11) is 3.74. The standard InChI is InChI=1S/C15H24N2O/c1-15(7-5-4-6-8-15)14(16-2)12-9-13(18-3)11-17-10-12/h9-11,14,16H,4-8H2,1-3H3. The average molecular weight is 248 g/mol. The maximum Gasteiger partial charge on any atom is 0.137 e. The maximum absolute atomic E-state index is 5.28. The van der Waals surface area contributed by atoms with Gasteiger partial charge in [0, 0.05) is 12.2 Å². The summed E-state index contributed by atoms with van der Waals surface area (Å²) < 4.78 is 5.28. The summed E-state index contributed by atoms with van der Waals surface area (Å²) in [6.45, 7) is 2.40. The number of ether oxygens (including phenoxy) is 1. The Hall–Kier alpha value is -1.09. The van der Waals surface area contributed by atoms with Crippen LogP contribution in [0.3, 0.4) is 0 Å². The normalized spacial score (nSPS) is 20.4. The lowest BCUT2D eigenvalue weighted by atomic mass is 9.69. The zero-order valence-electron chi connectivity index (χ0n) is 11.7. The van der Waals surface area contributed by atoms with Gasteiger partial charge in [0.1, 0.15) is 5.75 Å². The monoisotopic (exact) mass is 248 g/mol. The molecule has 1 atom stereocenters. The number of hydrogen-bond donors (Lipinski definition) is 1. The van der Waals surface area contributed by atoms with E-state index in [9.17, 15) is 0 Å². The van der Waals surface area contributed by atoms with Crippen LogP contribution in [0.15, 0.2) is 18.5 Å². The van der Waals surface area contributed by atoms with Crippen LogP contribution in [-0.4, -0.2) is 19.1 Å². The fourth-order valence-electron chi connectivity index (χ4n) is 3.27. The molecule has 100 valence electrons. The molecule has 0 bridgehead atoms. The van der Waals surface area contributed by atoms with Gasteiger partial charge in [-0.05, 0) is 36.9 Å². The van der Waals surface area contributed by atoms with E-state index in [1.807, 2.05) is 13.2 Å². The number of nitrogens with one attached hydrogen (secondary N) is 1. The van der Waals surface area contributed by atoms with Gasteiger partial charge in [-0.3, -0.25) is 4.98 Å². The smallest absolute Gasteiger partial charge is 0.137 e. The molecule has 3 heteroatoms. The van der Waals surface area contributed by atoms with Crippen LogP contribution < -0.4 is 10.1 Å². The van der Waals surface area contributed by atoms with E-state index in [1.165, 1.54) is 37.7 Å². The molecule has 3 nitrogen and oxygen atoms in total. The number of hydrogen-bond acceptors (Lipinski definition) is 3. The summed E-state index contributed by atoms with van der Waals surface area (Å²) in [5.41, 5.74) is 1.57. The molecule has 0 aromatic carbocycles. The largest absolute Gasteiger partial charge is 0.495 e. The second-order valence-electron chi connectivity index (χ2n) is 5.59. The number of methoxy groups -OCH3 is 1. The minimum absolute atomic E-state index is 0.334. The zero-order valence-corrected chi connectivity index (χ0v) is 11.7. The predicted octanol–water partition coefficient (Wildman–Crippen LogP) is 3.32. The van der Waals surface area contributed by atoms with Crippen LogP contribution in [-0.2, 0) is 0 Å². The Kier molecular flexibility index (Phi) is 4.23. The summed E-state index contributed by atoms with van der Waals surface area (Å²) >= 11 is 0. The number of aromatic nitrogens is 1. The van der Waals surface area contributed by atoms with Crippen molar-refractivity contribution in [2.24, 2.45) is 5.41 Å². The van der Waals surface area contributed by atoms with Gasteiger partial charge in [-0.15, -0.1) is 0 Å². The molecule has 0 spiro atoms. The first-order valence-corrected chi connectivity index (χ1v) is 6.86. The van der Waals surface area contributed by atoms with Gasteiger partial charge in [0.15, 0.2) is 0 Å². The Labute approximate surface area is 110 Å². The van der Waals surface area contributed by atoms with Gasteiger partial charge in [0.05, 0.1) is 13.3 Å². The molecule has 0 radical (unpaired) electrons. The van der Waals surface area contributed by atoms with Crippen LogP contribution in [0.1, 0.15) is 50.6 Å². The molecule has 1 fully saturated rings. The maximum atomic E-state index is 5.28. The van der Waals surface area contributed by atoms with Crippen LogP contribution in [0.5, 0.6) is 5.75 Å². The van der Waals surface area contributed by atoms with E-state index in [2.05, 4.69) is 23.3 Å². The lowest BCUT2D eigenvalue weighted by Gasteiger charge is -2.41. The van der Waals surface area contributed by atoms with Crippen LogP contribution in [0.4, 0.5) is 0 Å². The van der Waals surface area contributed by atoms with E-state index < -0.39 is 0 Å². The topological polar surface area (TPSA) is 34.2 Å². The first-order valence-electron chi connectivity index (χ1n) is 6.86. The van der Waals surface area contributed by atoms with E-state index in [1.54, 1.807) is 13.3 Å². The Morgan fingerprint density at radius 2 is 2.00 bits per heavy atom. The molecule has 1 aromatic rings. The number of rotatable bonds is 4. The molecular formula is C15H24N2O. The van der Waals surface area contributed by atoms with Crippen molar-refractivity contribution in [2.75, 3.05) is 14.2 Å². The number of nitrogens with zero attached hydrogens (tertiary/aromatic N) is 1. The lowest BCUT2D eigenvalue weighted by Crippen LogP contribution is -2.36. The van der Waals surface area contributed by atoms with Crippen LogP contribution >= 0.6 is 0 Å². The highest BCUT2D eigenvalue weighted by Gasteiger charge is 2.35. The van der Waals surface area contributed by atoms with Gasteiger partial charge in [0.2, 0.25) is 0 Å². The Morgan fingerprint density at radius 3 is 2.61 bits per heavy atom. The highest BCUT2D eigenvalue weighted by Crippen LogP contribution is 2.45. The average Bonchev–Trinajstić information content (AvgIpc) is 2.40. The van der Waals surface area contributed by atoms with Crippen molar-refractivity contribution < 1.29 is 4.74 Å². The molecule has 0 saturated heterocycles. The molecule has 1 heterocycles. The predicted molar refractivity (Wildman–Crippen MR) is 73.8 cm³/mol. The molecule has 1 unspecified atom stereocenters. The molecule has 1 N–H and O–H groups in total. The van der Waals surface area contributed by atoms with Crippen molar-refractivity contribution in [3.63, 3.8) is 0 Å². The van der Waals surface area contributed by atoms with Gasteiger partial charge >= 0.3 is 0 Å². The van der Waals surface area contributed by atoms with Crippen LogP contribution in [0.2, 0.25) is 0 Å². The Balaban J connectivity index is 2.26. The fraction of sp³-hybridized carbons (Fsp3) is 0.667. The van der Waals surface area contributed by atoms with Gasteiger partial charge in [-0.25, -0.2) is 0 Å². The number of pyridine rings is 1. The summed E-state index contributed by atoms with van der Waals surface area (Å²) in [6, 6.07) is 2.47. The molecular weight excluding hydrogens is 224 g/mol. The third-order valence-corrected chi connectivity index (χ3v) is 4.28. The van der Waals surface area contributed by atoms with Crippen LogP contribution in [0.25, 0.3) is 0 Å². The lowest BCUT2D eigenvalue weighted by molar-refractivity contribution is 0.150. The molecule has 1 aliphatic carbocycles. The highest BCUT2D eigenvalue weighted by atomic mass is 16.5. The van der Waals surface area contributed by atoms with Gasteiger partial charge < -0.3 is 10.1 Å². The SMILES string of the molecule is CNC(c1cncc(OC)c1)C1(C)CCCCC1. The first-order chi connectivity index (χ1) is 8.69. The van der Waals surface area contributed by atoms with E-state index in [0.29, 0.717) is 11.5 Å². The van der Waals surface area contributed by atoms with Crippen molar-refractivity contribution in [2.45, 2.75) is 45.1 Å². The molecule has 0 aliphatic heterocycles. The Bertz CT molecular complexity index is 386. The minimum Gasteiger partial charge on any atom is -0.495 e. The van der Waals surface area contributed by atoms with Crippen LogP contribution in [0, 0.1) is 5.41 Å². The fourth-order valence-corrected chi connectivity index (χ4v) is 3.27. The minimum atomic E-state index is 0.334. The van der Waals surface area contributed by atoms with E-state index >= 15 is 0 Å². The molecule has 1 aliphatic rings. The quantitative estimate of drug-likeness (QED) is 0.887. The van der Waals surface area contributed by atoms with Crippen molar-refractivity contribution in [1.82, 2.24) is 10.3 Å². The summed E-state index contributed by atoms with van der Waals surface area (Å²) in [5, 5.41) is 3.48. The third-order valence-electron chi connectivity index (χ3n) is 4.28.